The lowest BCUT2D eigenvalue weighted by Gasteiger charge is -2.20. The summed E-state index contributed by atoms with van der Waals surface area (Å²) in [5.74, 6) is 0.758. The van der Waals surface area contributed by atoms with Crippen molar-refractivity contribution in [3.05, 3.63) is 54.0 Å². The number of hydrogen-bond acceptors (Lipinski definition) is 4. The Bertz CT molecular complexity index is 496. The summed E-state index contributed by atoms with van der Waals surface area (Å²) >= 11 is 0. The van der Waals surface area contributed by atoms with Crippen LogP contribution in [-0.2, 0) is 6.54 Å². The monoisotopic (exact) mass is 261 g/mol. The van der Waals surface area contributed by atoms with E-state index in [1.807, 2.05) is 37.4 Å². The fourth-order valence-electron chi connectivity index (χ4n) is 2.01. The molecule has 19 heavy (non-hydrogen) atoms. The van der Waals surface area contributed by atoms with E-state index in [0.29, 0.717) is 6.54 Å². The van der Waals surface area contributed by atoms with Crippen LogP contribution in [0.2, 0.25) is 0 Å². The lowest BCUT2D eigenvalue weighted by molar-refractivity contribution is 0.123. The Hall–Kier alpha value is -1.78. The molecular weight excluding hydrogens is 242 g/mol. The number of benzene rings is 1. The SMILES string of the molecule is COc1cccc(C(O)CN(C)Cc2ccoc2)c1. The Morgan fingerprint density at radius 1 is 1.37 bits per heavy atom. The highest BCUT2D eigenvalue weighted by atomic mass is 16.5. The van der Waals surface area contributed by atoms with E-state index >= 15 is 0 Å². The first-order valence-corrected chi connectivity index (χ1v) is 6.20. The van der Waals surface area contributed by atoms with E-state index in [4.69, 9.17) is 9.15 Å². The summed E-state index contributed by atoms with van der Waals surface area (Å²) in [5.41, 5.74) is 1.96. The van der Waals surface area contributed by atoms with Crippen LogP contribution in [0.15, 0.2) is 47.3 Å². The molecule has 0 saturated carbocycles. The van der Waals surface area contributed by atoms with E-state index in [9.17, 15) is 5.11 Å². The van der Waals surface area contributed by atoms with E-state index in [0.717, 1.165) is 23.4 Å². The summed E-state index contributed by atoms with van der Waals surface area (Å²) < 4.78 is 10.2. The van der Waals surface area contributed by atoms with E-state index in [1.165, 1.54) is 0 Å². The highest BCUT2D eigenvalue weighted by molar-refractivity contribution is 5.29. The average molecular weight is 261 g/mol. The molecule has 4 heteroatoms. The van der Waals surface area contributed by atoms with Gasteiger partial charge in [-0.3, -0.25) is 4.90 Å². The van der Waals surface area contributed by atoms with E-state index in [-0.39, 0.29) is 0 Å². The third-order valence-electron chi connectivity index (χ3n) is 3.00. The molecule has 2 rings (SSSR count). The Morgan fingerprint density at radius 3 is 2.89 bits per heavy atom. The van der Waals surface area contributed by atoms with Gasteiger partial charge in [-0.2, -0.15) is 0 Å². The molecule has 2 aromatic rings. The van der Waals surface area contributed by atoms with Gasteiger partial charge in [0.2, 0.25) is 0 Å². The quantitative estimate of drug-likeness (QED) is 0.867. The smallest absolute Gasteiger partial charge is 0.119 e. The highest BCUT2D eigenvalue weighted by Crippen LogP contribution is 2.20. The predicted octanol–water partition coefficient (Wildman–Crippen LogP) is 2.45. The minimum Gasteiger partial charge on any atom is -0.497 e. The number of rotatable bonds is 6. The van der Waals surface area contributed by atoms with Crippen molar-refractivity contribution < 1.29 is 14.3 Å². The summed E-state index contributed by atoms with van der Waals surface area (Å²) in [6, 6.07) is 9.43. The Kier molecular flexibility index (Phi) is 4.60. The molecule has 0 radical (unpaired) electrons. The van der Waals surface area contributed by atoms with Crippen LogP contribution in [0.5, 0.6) is 5.75 Å². The van der Waals surface area contributed by atoms with Gasteiger partial charge in [0.1, 0.15) is 5.75 Å². The maximum Gasteiger partial charge on any atom is 0.119 e. The minimum atomic E-state index is -0.535. The third kappa shape index (κ3) is 3.84. The maximum absolute atomic E-state index is 10.2. The summed E-state index contributed by atoms with van der Waals surface area (Å²) in [6.45, 7) is 1.30. The van der Waals surface area contributed by atoms with Crippen LogP contribution in [0, 0.1) is 0 Å². The Morgan fingerprint density at radius 2 is 2.21 bits per heavy atom. The largest absolute Gasteiger partial charge is 0.497 e. The van der Waals surface area contributed by atoms with Crippen molar-refractivity contribution >= 4 is 0 Å². The molecule has 0 fully saturated rings. The lowest BCUT2D eigenvalue weighted by Crippen LogP contribution is -2.24. The van der Waals surface area contributed by atoms with Gasteiger partial charge in [0.25, 0.3) is 0 Å². The topological polar surface area (TPSA) is 45.8 Å². The van der Waals surface area contributed by atoms with Crippen molar-refractivity contribution in [2.45, 2.75) is 12.6 Å². The number of likely N-dealkylation sites (N-methyl/N-ethyl adjacent to an activating group) is 1. The molecular formula is C15H19NO3. The molecule has 1 unspecified atom stereocenters. The molecule has 1 atom stereocenters. The third-order valence-corrected chi connectivity index (χ3v) is 3.00. The van der Waals surface area contributed by atoms with Crippen LogP contribution >= 0.6 is 0 Å². The first-order valence-electron chi connectivity index (χ1n) is 6.20. The number of furan rings is 1. The number of ether oxygens (including phenoxy) is 1. The van der Waals surface area contributed by atoms with Crippen LogP contribution in [-0.4, -0.2) is 30.7 Å². The van der Waals surface area contributed by atoms with Gasteiger partial charge in [0.15, 0.2) is 0 Å². The number of hydrogen-bond donors (Lipinski definition) is 1. The van der Waals surface area contributed by atoms with Crippen LogP contribution in [0.25, 0.3) is 0 Å². The molecule has 0 aliphatic carbocycles. The lowest BCUT2D eigenvalue weighted by atomic mass is 10.1. The first-order chi connectivity index (χ1) is 9.19. The van der Waals surface area contributed by atoms with E-state index in [1.54, 1.807) is 19.6 Å². The zero-order valence-electron chi connectivity index (χ0n) is 11.2. The number of nitrogens with zero attached hydrogens (tertiary/aromatic N) is 1. The fourth-order valence-corrected chi connectivity index (χ4v) is 2.01. The van der Waals surface area contributed by atoms with Crippen molar-refractivity contribution in [3.8, 4) is 5.75 Å². The molecule has 0 aliphatic heterocycles. The molecule has 1 aromatic carbocycles. The summed E-state index contributed by atoms with van der Waals surface area (Å²) in [4.78, 5) is 2.05. The van der Waals surface area contributed by atoms with Crippen LogP contribution in [0.1, 0.15) is 17.2 Å². The Balaban J connectivity index is 1.94. The second-order valence-electron chi connectivity index (χ2n) is 4.62. The zero-order valence-corrected chi connectivity index (χ0v) is 11.2. The van der Waals surface area contributed by atoms with Crippen molar-refractivity contribution in [1.29, 1.82) is 0 Å². The van der Waals surface area contributed by atoms with Gasteiger partial charge < -0.3 is 14.3 Å². The van der Waals surface area contributed by atoms with Gasteiger partial charge in [-0.15, -0.1) is 0 Å². The van der Waals surface area contributed by atoms with Crippen molar-refractivity contribution in [3.63, 3.8) is 0 Å². The molecule has 1 N–H and O–H groups in total. The summed E-state index contributed by atoms with van der Waals surface area (Å²) in [6.07, 6.45) is 2.84. The minimum absolute atomic E-state index is 0.535. The second-order valence-corrected chi connectivity index (χ2v) is 4.62. The molecule has 102 valence electrons. The molecule has 0 bridgehead atoms. The second kappa shape index (κ2) is 6.41. The van der Waals surface area contributed by atoms with Gasteiger partial charge >= 0.3 is 0 Å². The van der Waals surface area contributed by atoms with Crippen LogP contribution in [0.4, 0.5) is 0 Å². The molecule has 0 saturated heterocycles. The van der Waals surface area contributed by atoms with E-state index < -0.39 is 6.10 Å². The fraction of sp³-hybridized carbons (Fsp3) is 0.333. The van der Waals surface area contributed by atoms with Crippen molar-refractivity contribution in [2.75, 3.05) is 20.7 Å². The van der Waals surface area contributed by atoms with E-state index in [2.05, 4.69) is 4.90 Å². The van der Waals surface area contributed by atoms with Gasteiger partial charge in [-0.05, 0) is 30.8 Å². The molecule has 0 spiro atoms. The average Bonchev–Trinajstić information content (AvgIpc) is 2.91. The molecule has 0 amide bonds. The number of methoxy groups -OCH3 is 1. The molecule has 4 nitrogen and oxygen atoms in total. The van der Waals surface area contributed by atoms with Gasteiger partial charge in [0.05, 0.1) is 25.7 Å². The zero-order chi connectivity index (χ0) is 13.7. The molecule has 0 aliphatic rings. The summed E-state index contributed by atoms with van der Waals surface area (Å²) in [5, 5.41) is 10.2. The van der Waals surface area contributed by atoms with Crippen molar-refractivity contribution in [1.82, 2.24) is 4.90 Å². The van der Waals surface area contributed by atoms with Crippen molar-refractivity contribution in [2.24, 2.45) is 0 Å². The first kappa shape index (κ1) is 13.6. The molecule has 1 heterocycles. The summed E-state index contributed by atoms with van der Waals surface area (Å²) in [7, 11) is 3.59. The predicted molar refractivity (Wildman–Crippen MR) is 73.0 cm³/mol. The normalized spacial score (nSPS) is 12.6. The van der Waals surface area contributed by atoms with Crippen LogP contribution in [0.3, 0.4) is 0 Å². The molecule has 1 aromatic heterocycles. The van der Waals surface area contributed by atoms with Gasteiger partial charge in [-0.1, -0.05) is 12.1 Å². The number of aliphatic hydroxyl groups is 1. The van der Waals surface area contributed by atoms with Crippen LogP contribution < -0.4 is 4.74 Å². The Labute approximate surface area is 113 Å². The number of aliphatic hydroxyl groups excluding tert-OH is 1. The standard InChI is InChI=1S/C15H19NO3/c1-16(9-12-6-7-19-11-12)10-15(17)13-4-3-5-14(8-13)18-2/h3-8,11,15,17H,9-10H2,1-2H3. The highest BCUT2D eigenvalue weighted by Gasteiger charge is 2.12. The maximum atomic E-state index is 10.2. The van der Waals surface area contributed by atoms with Gasteiger partial charge in [-0.25, -0.2) is 0 Å². The van der Waals surface area contributed by atoms with Gasteiger partial charge in [0, 0.05) is 18.7 Å².